The van der Waals surface area contributed by atoms with Gasteiger partial charge < -0.3 is 20.8 Å². The Morgan fingerprint density at radius 2 is 1.92 bits per heavy atom. The fourth-order valence-electron chi connectivity index (χ4n) is 4.66. The Morgan fingerprint density at radius 3 is 2.53 bits per heavy atom. The Hall–Kier alpha value is -2.79. The number of amides is 1. The molecule has 11 heteroatoms. The highest BCUT2D eigenvalue weighted by Crippen LogP contribution is 2.37. The highest BCUT2D eigenvalue weighted by molar-refractivity contribution is 6.69. The van der Waals surface area contributed by atoms with Crippen molar-refractivity contribution in [3.8, 4) is 0 Å². The molecule has 192 valence electrons. The molecule has 3 aromatic rings. The molecule has 2 aromatic heterocycles. The van der Waals surface area contributed by atoms with E-state index >= 15 is 0 Å². The summed E-state index contributed by atoms with van der Waals surface area (Å²) in [6.07, 6.45) is 8.17. The number of nitrogens with zero attached hydrogens (tertiary/aromatic N) is 4. The number of piperidine rings is 1. The maximum Gasteiger partial charge on any atom is 0.260 e. The minimum absolute atomic E-state index is 0.145. The number of hydrogen-bond donors (Lipinski definition) is 3. The number of hydrogen-bond acceptors (Lipinski definition) is 7. The van der Waals surface area contributed by atoms with Gasteiger partial charge in [0, 0.05) is 41.4 Å². The van der Waals surface area contributed by atoms with Crippen LogP contribution in [0, 0.1) is 0 Å². The monoisotopic (exact) mass is 527 g/mol. The minimum Gasteiger partial charge on any atom is -0.409 e. The van der Waals surface area contributed by atoms with Gasteiger partial charge in [-0.25, -0.2) is 9.97 Å². The van der Waals surface area contributed by atoms with E-state index < -0.39 is 19.8 Å². The van der Waals surface area contributed by atoms with Crippen LogP contribution in [0.4, 0.5) is 5.69 Å². The zero-order valence-electron chi connectivity index (χ0n) is 21.4. The van der Waals surface area contributed by atoms with Crippen molar-refractivity contribution in [1.82, 2.24) is 25.1 Å². The molecular weight excluding hydrogens is 494 g/mol. The van der Waals surface area contributed by atoms with Gasteiger partial charge >= 0.3 is 0 Å². The lowest BCUT2D eigenvalue weighted by Crippen LogP contribution is -2.37. The van der Waals surface area contributed by atoms with Crippen LogP contribution in [0.5, 0.6) is 0 Å². The van der Waals surface area contributed by atoms with Crippen molar-refractivity contribution < 1.29 is 9.22 Å². The van der Waals surface area contributed by atoms with Crippen LogP contribution in [0.1, 0.15) is 44.1 Å². The van der Waals surface area contributed by atoms with Crippen molar-refractivity contribution in [2.75, 3.05) is 18.4 Å². The van der Waals surface area contributed by atoms with Gasteiger partial charge in [-0.2, -0.15) is 5.10 Å². The molecule has 1 fully saturated rings. The summed E-state index contributed by atoms with van der Waals surface area (Å²) >= 11 is 5.91. The fourth-order valence-corrected chi connectivity index (χ4v) is 6.40. The van der Waals surface area contributed by atoms with E-state index in [1.165, 1.54) is 18.6 Å². The summed E-state index contributed by atoms with van der Waals surface area (Å²) in [6, 6.07) is 4.33. The Bertz CT molecular complexity index is 1280. The molecule has 9 nitrogen and oxygen atoms in total. The summed E-state index contributed by atoms with van der Waals surface area (Å²) in [5.41, 5.74) is 7.63. The van der Waals surface area contributed by atoms with Crippen LogP contribution in [0.3, 0.4) is 0 Å². The van der Waals surface area contributed by atoms with Gasteiger partial charge in [-0.15, -0.1) is 0 Å². The molecule has 1 amide bonds. The van der Waals surface area contributed by atoms with Gasteiger partial charge in [0.1, 0.15) is 0 Å². The minimum atomic E-state index is -1.92. The summed E-state index contributed by atoms with van der Waals surface area (Å²) < 4.78 is 8.61. The lowest BCUT2D eigenvalue weighted by atomic mass is 9.95. The SMILES string of the molecule is CC(C)(O[Si](C)(C)C)c1cc2nn(C3CCNCC3)cc2cc1NC(=O)C(=CN)c1ncc(Cl)cn1. The second-order valence-electron chi connectivity index (χ2n) is 10.5. The van der Waals surface area contributed by atoms with Crippen LogP contribution in [0.25, 0.3) is 16.5 Å². The lowest BCUT2D eigenvalue weighted by Gasteiger charge is -2.35. The van der Waals surface area contributed by atoms with Gasteiger partial charge in [-0.1, -0.05) is 11.6 Å². The van der Waals surface area contributed by atoms with E-state index in [-0.39, 0.29) is 11.4 Å². The maximum atomic E-state index is 13.3. The number of benzene rings is 1. The second kappa shape index (κ2) is 10.3. The third-order valence-electron chi connectivity index (χ3n) is 6.07. The molecule has 0 unspecified atom stereocenters. The topological polar surface area (TPSA) is 120 Å². The summed E-state index contributed by atoms with van der Waals surface area (Å²) in [5, 5.41) is 12.7. The number of carbonyl (C=O) groups is 1. The molecule has 3 heterocycles. The number of halogens is 1. The molecule has 1 saturated heterocycles. The average molecular weight is 528 g/mol. The summed E-state index contributed by atoms with van der Waals surface area (Å²) in [6.45, 7) is 12.4. The van der Waals surface area contributed by atoms with Crippen molar-refractivity contribution >= 4 is 48.0 Å². The van der Waals surface area contributed by atoms with Crippen molar-refractivity contribution in [3.05, 3.63) is 53.3 Å². The first-order valence-electron chi connectivity index (χ1n) is 12.1. The first kappa shape index (κ1) is 26.3. The molecular formula is C25H34ClN7O2Si. The Labute approximate surface area is 217 Å². The van der Waals surface area contributed by atoms with Gasteiger partial charge in [0.25, 0.3) is 5.91 Å². The number of nitrogens with one attached hydrogen (secondary N) is 2. The molecule has 4 rings (SSSR count). The zero-order chi connectivity index (χ0) is 26.1. The van der Waals surface area contributed by atoms with Crippen molar-refractivity contribution in [1.29, 1.82) is 0 Å². The van der Waals surface area contributed by atoms with Gasteiger partial charge in [0.15, 0.2) is 14.1 Å². The number of anilines is 1. The molecule has 4 N–H and O–H groups in total. The van der Waals surface area contributed by atoms with Crippen LogP contribution in [0.15, 0.2) is 36.9 Å². The Balaban J connectivity index is 1.75. The molecule has 1 aromatic carbocycles. The van der Waals surface area contributed by atoms with Gasteiger partial charge in [-0.05, 0) is 71.6 Å². The average Bonchev–Trinajstić information content (AvgIpc) is 3.22. The van der Waals surface area contributed by atoms with E-state index in [2.05, 4.69) is 51.1 Å². The van der Waals surface area contributed by atoms with Crippen LogP contribution in [-0.4, -0.2) is 47.1 Å². The lowest BCUT2D eigenvalue weighted by molar-refractivity contribution is -0.111. The number of carbonyl (C=O) groups excluding carboxylic acids is 1. The number of rotatable bonds is 7. The molecule has 0 bridgehead atoms. The van der Waals surface area contributed by atoms with Crippen LogP contribution in [0.2, 0.25) is 24.7 Å². The third kappa shape index (κ3) is 5.95. The molecule has 0 aliphatic carbocycles. The van der Waals surface area contributed by atoms with E-state index in [0.717, 1.165) is 42.4 Å². The van der Waals surface area contributed by atoms with Crippen LogP contribution >= 0.6 is 11.6 Å². The molecule has 1 aliphatic rings. The van der Waals surface area contributed by atoms with Crippen molar-refractivity contribution in [2.24, 2.45) is 5.73 Å². The standard InChI is InChI=1S/C25H34ClN7O2Si/c1-25(2,35-36(3,4)5)20-11-21-16(15-33(32-21)18-6-8-28-9-7-18)10-22(20)31-24(34)19(12-27)23-29-13-17(26)14-30-23/h10-15,18,28H,6-9,27H2,1-5H3,(H,31,34). The molecule has 0 radical (unpaired) electrons. The van der Waals surface area contributed by atoms with E-state index in [0.29, 0.717) is 16.8 Å². The second-order valence-corrected chi connectivity index (χ2v) is 15.4. The largest absolute Gasteiger partial charge is 0.409 e. The van der Waals surface area contributed by atoms with Crippen molar-refractivity contribution in [2.45, 2.75) is 58.0 Å². The predicted octanol–water partition coefficient (Wildman–Crippen LogP) is 4.43. The third-order valence-corrected chi connectivity index (χ3v) is 7.39. The van der Waals surface area contributed by atoms with Gasteiger partial charge in [0.2, 0.25) is 0 Å². The maximum absolute atomic E-state index is 13.3. The first-order chi connectivity index (χ1) is 17.0. The zero-order valence-corrected chi connectivity index (χ0v) is 23.2. The molecule has 1 aliphatic heterocycles. The molecule has 36 heavy (non-hydrogen) atoms. The fraction of sp³-hybridized carbons (Fsp3) is 0.440. The van der Waals surface area contributed by atoms with E-state index in [9.17, 15) is 4.79 Å². The summed E-state index contributed by atoms with van der Waals surface area (Å²) in [4.78, 5) is 21.6. The van der Waals surface area contributed by atoms with E-state index in [1.807, 2.05) is 26.0 Å². The Kier molecular flexibility index (Phi) is 7.51. The predicted molar refractivity (Wildman–Crippen MR) is 146 cm³/mol. The smallest absolute Gasteiger partial charge is 0.260 e. The van der Waals surface area contributed by atoms with Crippen molar-refractivity contribution in [3.63, 3.8) is 0 Å². The highest BCUT2D eigenvalue weighted by Gasteiger charge is 2.32. The Morgan fingerprint density at radius 1 is 1.25 bits per heavy atom. The summed E-state index contributed by atoms with van der Waals surface area (Å²) in [7, 11) is -1.92. The van der Waals surface area contributed by atoms with Crippen LogP contribution in [-0.2, 0) is 14.8 Å². The quantitative estimate of drug-likeness (QED) is 0.307. The normalized spacial score (nSPS) is 15.9. The summed E-state index contributed by atoms with van der Waals surface area (Å²) in [5.74, 6) is -0.228. The van der Waals surface area contributed by atoms with Crippen LogP contribution < -0.4 is 16.4 Å². The molecule has 0 saturated carbocycles. The number of fused-ring (bicyclic) bond motifs is 1. The highest BCUT2D eigenvalue weighted by atomic mass is 35.5. The van der Waals surface area contributed by atoms with E-state index in [1.54, 1.807) is 0 Å². The number of nitrogens with two attached hydrogens (primary N) is 1. The van der Waals surface area contributed by atoms with Gasteiger partial charge in [0.05, 0.1) is 27.8 Å². The first-order valence-corrected chi connectivity index (χ1v) is 15.9. The number of aromatic nitrogens is 4. The molecule has 0 spiro atoms. The van der Waals surface area contributed by atoms with Gasteiger partial charge in [-0.3, -0.25) is 9.48 Å². The molecule has 0 atom stereocenters. The van der Waals surface area contributed by atoms with E-state index in [4.69, 9.17) is 26.9 Å².